The van der Waals surface area contributed by atoms with Crippen molar-refractivity contribution < 1.29 is 60.2 Å². The Morgan fingerprint density at radius 1 is 0.667 bits per heavy atom. The predicted octanol–water partition coefficient (Wildman–Crippen LogP) is 6.08. The third kappa shape index (κ3) is 16.8. The second-order valence-corrected chi connectivity index (χ2v) is 37.1. The minimum Gasteiger partial charge on any atom is -0.467 e. The average molecular weight is 1340 g/mol. The van der Waals surface area contributed by atoms with Gasteiger partial charge in [0.15, 0.2) is 6.10 Å². The number of urea groups is 2. The van der Waals surface area contributed by atoms with Crippen molar-refractivity contribution in [1.29, 1.82) is 0 Å². The standard InChI is InChI=1S/C36H58N6O7S2.C27H44N4O6S2/c1-11-16-37-31(45)28(43)23(18-21-14-15-21)38-30(44)27-26-22(36(26,8)9)19-42(27)32(46)29(35(5,6)7)40-33(47)39-24(34(2,3)4)20-41(10)51(48,49)25-13-12-17-50-25;1-25(2,3)17(15-30(9)39(35,36)18-12-11-13-38-18)28-24(34)29-21(26(4,5)6)22(32)31-14-16-19(27(16,7)8)20(31)23(33)37-10/h11-13,17,21-24,26-29,43H,1,14-16,18-20H2,2-10H3,(H,37,45)(H,38,44)(H2,39,40,47);11-13,16-17,19-21H,14-15H2,1-10H3,(H2,28,29,34)/t22-,23?,24+,26-,27-,28?,29+;16-,17+,19-,20-,21+/m00/s1. The molecular formula is C63H102N10O13S4. The number of nitrogens with one attached hydrogen (secondary N) is 6. The van der Waals surface area contributed by atoms with Crippen molar-refractivity contribution in [2.45, 2.75) is 187 Å². The number of esters is 1. The number of thiophene rings is 2. The molecule has 5 fully saturated rings. The largest absolute Gasteiger partial charge is 0.467 e. The van der Waals surface area contributed by atoms with Crippen molar-refractivity contribution in [3.8, 4) is 0 Å². The van der Waals surface area contributed by atoms with Crippen LogP contribution in [0.4, 0.5) is 9.59 Å². The highest BCUT2D eigenvalue weighted by molar-refractivity contribution is 7.91. The van der Waals surface area contributed by atoms with Crippen LogP contribution in [0.25, 0.3) is 0 Å². The average Bonchev–Trinajstić information content (AvgIpc) is 1.53. The summed E-state index contributed by atoms with van der Waals surface area (Å²) in [6.07, 6.45) is 2.39. The smallest absolute Gasteiger partial charge is 0.328 e. The van der Waals surface area contributed by atoms with Gasteiger partial charge in [-0.3, -0.25) is 19.2 Å². The van der Waals surface area contributed by atoms with Gasteiger partial charge in [0.1, 0.15) is 32.6 Å². The number of hydrogen-bond donors (Lipinski definition) is 7. The highest BCUT2D eigenvalue weighted by atomic mass is 32.3. The minimum absolute atomic E-state index is 0.00240. The monoisotopic (exact) mass is 1330 g/mol. The topological polar surface area (TPSA) is 302 Å². The maximum Gasteiger partial charge on any atom is 0.328 e. The zero-order chi connectivity index (χ0) is 68.0. The van der Waals surface area contributed by atoms with Crippen molar-refractivity contribution in [3.63, 3.8) is 0 Å². The molecule has 2 saturated heterocycles. The van der Waals surface area contributed by atoms with Crippen molar-refractivity contribution in [2.75, 3.05) is 53.9 Å². The van der Waals surface area contributed by atoms with Crippen molar-refractivity contribution in [3.05, 3.63) is 47.7 Å². The lowest BCUT2D eigenvalue weighted by Crippen LogP contribution is -2.63. The number of carbonyl (C=O) groups is 7. The summed E-state index contributed by atoms with van der Waals surface area (Å²) in [5.74, 6) is -1.75. The van der Waals surface area contributed by atoms with Gasteiger partial charge in [-0.15, -0.1) is 29.3 Å². The van der Waals surface area contributed by atoms with Crippen molar-refractivity contribution in [2.24, 2.45) is 62.1 Å². The van der Waals surface area contributed by atoms with Crippen molar-refractivity contribution >= 4 is 84.4 Å². The van der Waals surface area contributed by atoms with Crippen LogP contribution in [0.3, 0.4) is 0 Å². The first-order chi connectivity index (χ1) is 41.2. The first-order valence-corrected chi connectivity index (χ1v) is 35.6. The van der Waals surface area contributed by atoms with Crippen LogP contribution in [0, 0.1) is 62.1 Å². The summed E-state index contributed by atoms with van der Waals surface area (Å²) in [7, 11) is -3.19. The van der Waals surface area contributed by atoms with E-state index in [0.717, 1.165) is 35.5 Å². The van der Waals surface area contributed by atoms with Crippen LogP contribution in [0.5, 0.6) is 0 Å². The molecule has 506 valence electrons. The number of sulfonamides is 2. The number of aliphatic hydroxyl groups is 1. The van der Waals surface area contributed by atoms with Gasteiger partial charge in [-0.25, -0.2) is 31.2 Å². The molecule has 7 N–H and O–H groups in total. The Labute approximate surface area is 542 Å². The van der Waals surface area contributed by atoms with E-state index in [9.17, 15) is 55.5 Å². The molecule has 2 aliphatic heterocycles. The van der Waals surface area contributed by atoms with Gasteiger partial charge in [0.25, 0.3) is 26.0 Å². The van der Waals surface area contributed by atoms with Crippen molar-refractivity contribution in [1.82, 2.24) is 50.3 Å². The molecule has 23 nitrogen and oxygen atoms in total. The van der Waals surface area contributed by atoms with Crippen LogP contribution in [-0.4, -0.2) is 184 Å². The first kappa shape index (κ1) is 73.9. The summed E-state index contributed by atoms with van der Waals surface area (Å²) in [5, 5.41) is 31.5. The third-order valence-corrected chi connectivity index (χ3v) is 25.4. The lowest BCUT2D eigenvalue weighted by Gasteiger charge is -2.39. The number of likely N-dealkylation sites (tertiary alicyclic amines) is 2. The molecule has 3 aliphatic carbocycles. The number of nitrogens with zero attached hydrogens (tertiary/aromatic N) is 4. The number of methoxy groups -OCH3 is 1. The number of aliphatic hydroxyl groups excluding tert-OH is 1. The van der Waals surface area contributed by atoms with E-state index < -0.39 is 126 Å². The molecule has 3 saturated carbocycles. The lowest BCUT2D eigenvalue weighted by molar-refractivity contribution is -0.154. The molecule has 12 atom stereocenters. The van der Waals surface area contributed by atoms with Gasteiger partial charge >= 0.3 is 18.0 Å². The van der Waals surface area contributed by atoms with Gasteiger partial charge in [-0.05, 0) is 85.5 Å². The number of amides is 8. The van der Waals surface area contributed by atoms with E-state index >= 15 is 0 Å². The van der Waals surface area contributed by atoms with E-state index in [1.54, 1.807) is 38.8 Å². The van der Waals surface area contributed by atoms with Crippen LogP contribution in [0.1, 0.15) is 130 Å². The maximum atomic E-state index is 14.5. The summed E-state index contributed by atoms with van der Waals surface area (Å²) in [4.78, 5) is 98.0. The number of carbonyl (C=O) groups excluding carboxylic acids is 7. The Hall–Kier alpha value is -5.19. The lowest BCUT2D eigenvalue weighted by atomic mass is 9.85. The first-order valence-electron chi connectivity index (χ1n) is 31.0. The molecule has 5 aliphatic rings. The van der Waals surface area contributed by atoms with E-state index in [1.165, 1.54) is 42.0 Å². The van der Waals surface area contributed by atoms with E-state index in [0.29, 0.717) is 25.4 Å². The molecule has 8 amide bonds. The Balaban J connectivity index is 0.000000297. The Morgan fingerprint density at radius 2 is 1.07 bits per heavy atom. The summed E-state index contributed by atoms with van der Waals surface area (Å²) < 4.78 is 60.3. The number of fused-ring (bicyclic) bond motifs is 2. The zero-order valence-electron chi connectivity index (χ0n) is 56.2. The number of likely N-dealkylation sites (N-methyl/N-ethyl adjacent to an activating group) is 2. The molecule has 2 aromatic heterocycles. The normalized spacial score (nSPS) is 23.9. The fourth-order valence-electron chi connectivity index (χ4n) is 12.6. The third-order valence-electron chi connectivity index (χ3n) is 19.1. The fourth-order valence-corrected chi connectivity index (χ4v) is 17.4. The molecular weight excluding hydrogens is 1230 g/mol. The minimum atomic E-state index is -3.77. The summed E-state index contributed by atoms with van der Waals surface area (Å²) in [6.45, 7) is 35.4. The van der Waals surface area contributed by atoms with Crippen LogP contribution < -0.4 is 31.9 Å². The van der Waals surface area contributed by atoms with Gasteiger partial charge in [0.05, 0.1) is 13.2 Å². The van der Waals surface area contributed by atoms with Gasteiger partial charge in [-0.2, -0.15) is 8.61 Å². The molecule has 0 radical (unpaired) electrons. The van der Waals surface area contributed by atoms with Gasteiger partial charge < -0.3 is 51.5 Å². The molecule has 2 unspecified atom stereocenters. The molecule has 0 spiro atoms. The zero-order valence-corrected chi connectivity index (χ0v) is 59.4. The molecule has 7 rings (SSSR count). The number of hydrogen-bond acceptors (Lipinski definition) is 15. The summed E-state index contributed by atoms with van der Waals surface area (Å²) >= 11 is 2.25. The van der Waals surface area contributed by atoms with E-state index in [1.807, 2.05) is 83.1 Å². The van der Waals surface area contributed by atoms with Crippen LogP contribution in [-0.2, 0) is 48.8 Å². The highest BCUT2D eigenvalue weighted by Crippen LogP contribution is 2.66. The van der Waals surface area contributed by atoms with E-state index in [-0.39, 0.29) is 68.5 Å². The quantitative estimate of drug-likeness (QED) is 0.0491. The number of ether oxygens (including phenoxy) is 1. The predicted molar refractivity (Wildman–Crippen MR) is 348 cm³/mol. The molecule has 4 heterocycles. The second kappa shape index (κ2) is 27.4. The highest BCUT2D eigenvalue weighted by Gasteiger charge is 2.71. The Bertz CT molecular complexity index is 3160. The number of rotatable bonds is 23. The summed E-state index contributed by atoms with van der Waals surface area (Å²) in [6, 6.07) is -0.267. The van der Waals surface area contributed by atoms with Crippen LogP contribution >= 0.6 is 22.7 Å². The van der Waals surface area contributed by atoms with Crippen LogP contribution in [0.2, 0.25) is 0 Å². The molecule has 27 heteroatoms. The second-order valence-electron chi connectivity index (χ2n) is 30.7. The SMILES string of the molecule is C=CCNC(=O)C(O)C(CC1CC1)NC(=O)[C@@H]1[C@@H]2[C@H](CN1C(=O)[C@@H](NC(=O)N[C@H](CN(C)S(=O)(=O)c1cccs1)C(C)(C)C)C(C)(C)C)C2(C)C.COC(=O)[C@@H]1[C@@H]2[C@H](CN1C(=O)[C@@H](NC(=O)N[C@H](CN(C)S(=O)(=O)c1cccs1)C(C)(C)C)C(C)(C)C)C2(C)C. The Morgan fingerprint density at radius 3 is 1.41 bits per heavy atom. The number of piperidine rings is 2. The van der Waals surface area contributed by atoms with Crippen LogP contribution in [0.15, 0.2) is 56.1 Å². The van der Waals surface area contributed by atoms with E-state index in [2.05, 4.69) is 66.2 Å². The summed E-state index contributed by atoms with van der Waals surface area (Å²) in [5.41, 5.74) is -2.70. The molecule has 0 bridgehead atoms. The molecule has 2 aromatic rings. The van der Waals surface area contributed by atoms with Gasteiger partial charge in [0, 0.05) is 64.8 Å². The maximum absolute atomic E-state index is 14.5. The van der Waals surface area contributed by atoms with E-state index in [4.69, 9.17) is 4.74 Å². The van der Waals surface area contributed by atoms with Gasteiger partial charge in [0.2, 0.25) is 17.7 Å². The molecule has 0 aromatic carbocycles. The fraction of sp³-hybridized carbons (Fsp3) is 0.730. The molecule has 90 heavy (non-hydrogen) atoms. The van der Waals surface area contributed by atoms with Gasteiger partial charge in [-0.1, -0.05) is 142 Å². The Kier molecular flexibility index (Phi) is 22.5.